The number of nitrogens with two attached hydrogens (primary N) is 2. The smallest absolute Gasteiger partial charge is 0.193 e. The van der Waals surface area contributed by atoms with Gasteiger partial charge in [0, 0.05) is 5.56 Å². The highest BCUT2D eigenvalue weighted by atomic mass is 32.1. The first-order chi connectivity index (χ1) is 19.3. The Morgan fingerprint density at radius 2 is 1.40 bits per heavy atom. The number of aromatic nitrogens is 2. The standard InChI is InChI=1S/C31H32N4O4S/c1-30(2)38-26-24(37-25(27(26)39-30)23-18-34-35(28(23)32)29(33)40)19-36-31(20-12-6-3-7-13-20,21-14-8-4-9-15-21)22-16-10-5-11-17-22/h3-18,24-27H,19,32H2,1-2H3,(H2,33,40)/t24-,25-,26-,27+/m1/s1. The summed E-state index contributed by atoms with van der Waals surface area (Å²) in [6.07, 6.45) is -0.193. The third-order valence-electron chi connectivity index (χ3n) is 7.51. The Bertz CT molecular complexity index is 1380. The number of ether oxygens (including phenoxy) is 4. The number of nitrogens with zero attached hydrogens (tertiary/aromatic N) is 2. The Labute approximate surface area is 238 Å². The van der Waals surface area contributed by atoms with E-state index < -0.39 is 35.8 Å². The zero-order chi connectivity index (χ0) is 27.9. The number of rotatable bonds is 7. The van der Waals surface area contributed by atoms with Crippen LogP contribution in [0.1, 0.15) is 42.2 Å². The van der Waals surface area contributed by atoms with Crippen molar-refractivity contribution in [3.8, 4) is 0 Å². The molecule has 4 aromatic rings. The molecule has 0 radical (unpaired) electrons. The summed E-state index contributed by atoms with van der Waals surface area (Å²) in [7, 11) is 0. The highest BCUT2D eigenvalue weighted by molar-refractivity contribution is 7.80. The molecule has 0 amide bonds. The van der Waals surface area contributed by atoms with Crippen molar-refractivity contribution < 1.29 is 18.9 Å². The fourth-order valence-electron chi connectivity index (χ4n) is 5.81. The van der Waals surface area contributed by atoms with Crippen LogP contribution in [0.3, 0.4) is 0 Å². The van der Waals surface area contributed by atoms with Crippen LogP contribution in [0.2, 0.25) is 0 Å². The molecule has 0 spiro atoms. The minimum atomic E-state index is -0.897. The summed E-state index contributed by atoms with van der Waals surface area (Å²) in [6, 6.07) is 30.7. The van der Waals surface area contributed by atoms with E-state index >= 15 is 0 Å². The molecule has 3 heterocycles. The molecule has 3 aromatic carbocycles. The molecular weight excluding hydrogens is 524 g/mol. The molecule has 2 fully saturated rings. The van der Waals surface area contributed by atoms with Crippen LogP contribution in [0.25, 0.3) is 0 Å². The molecule has 2 aliphatic heterocycles. The number of hydrogen-bond acceptors (Lipinski definition) is 7. The monoisotopic (exact) mass is 556 g/mol. The second-order valence-corrected chi connectivity index (χ2v) is 10.9. The Morgan fingerprint density at radius 3 is 1.88 bits per heavy atom. The van der Waals surface area contributed by atoms with Crippen LogP contribution in [0.4, 0.5) is 5.82 Å². The van der Waals surface area contributed by atoms with Crippen molar-refractivity contribution in [2.75, 3.05) is 12.3 Å². The summed E-state index contributed by atoms with van der Waals surface area (Å²) < 4.78 is 27.7. The summed E-state index contributed by atoms with van der Waals surface area (Å²) >= 11 is 5.09. The van der Waals surface area contributed by atoms with E-state index in [0.717, 1.165) is 16.7 Å². The zero-order valence-electron chi connectivity index (χ0n) is 22.3. The van der Waals surface area contributed by atoms with Gasteiger partial charge in [0.05, 0.1) is 12.8 Å². The Hall–Kier alpha value is -3.60. The first kappa shape index (κ1) is 26.6. The van der Waals surface area contributed by atoms with Gasteiger partial charge in [-0.3, -0.25) is 0 Å². The molecule has 0 aliphatic carbocycles. The van der Waals surface area contributed by atoms with E-state index in [0.29, 0.717) is 11.4 Å². The largest absolute Gasteiger partial charge is 0.383 e. The van der Waals surface area contributed by atoms with Crippen LogP contribution in [0.5, 0.6) is 0 Å². The summed E-state index contributed by atoms with van der Waals surface area (Å²) in [5.41, 5.74) is 14.9. The van der Waals surface area contributed by atoms with E-state index in [-0.39, 0.29) is 11.7 Å². The molecular formula is C31H32N4O4S. The van der Waals surface area contributed by atoms with Crippen LogP contribution in [0, 0.1) is 0 Å². The van der Waals surface area contributed by atoms with Gasteiger partial charge in [0.25, 0.3) is 0 Å². The summed E-state index contributed by atoms with van der Waals surface area (Å²) in [4.78, 5) is 0. The van der Waals surface area contributed by atoms with Crippen molar-refractivity contribution in [3.63, 3.8) is 0 Å². The molecule has 0 bridgehead atoms. The lowest BCUT2D eigenvalue weighted by molar-refractivity contribution is -0.196. The molecule has 206 valence electrons. The normalized spacial score (nSPS) is 23.6. The molecule has 4 N–H and O–H groups in total. The van der Waals surface area contributed by atoms with E-state index in [1.807, 2.05) is 68.4 Å². The Balaban J connectivity index is 1.39. The highest BCUT2D eigenvalue weighted by Gasteiger charge is 2.57. The average molecular weight is 557 g/mol. The lowest BCUT2D eigenvalue weighted by Gasteiger charge is -2.37. The molecule has 2 aliphatic rings. The SMILES string of the molecule is CC1(C)O[C@@H]2[C@H](O1)[C@@H](COC(c1ccccc1)(c1ccccc1)c1ccccc1)O[C@@H]2c1cnn(C(N)=S)c1N. The number of fused-ring (bicyclic) bond motifs is 1. The van der Waals surface area contributed by atoms with E-state index in [1.54, 1.807) is 6.20 Å². The van der Waals surface area contributed by atoms with Crippen molar-refractivity contribution >= 4 is 23.1 Å². The van der Waals surface area contributed by atoms with Gasteiger partial charge in [-0.05, 0) is 42.8 Å². The predicted octanol–water partition coefficient (Wildman–Crippen LogP) is 4.53. The fourth-order valence-corrected chi connectivity index (χ4v) is 5.95. The number of thiocarbonyl (C=S) groups is 1. The maximum Gasteiger partial charge on any atom is 0.193 e. The maximum atomic E-state index is 7.05. The molecule has 0 saturated carbocycles. The molecule has 4 atom stereocenters. The molecule has 0 unspecified atom stereocenters. The first-order valence-corrected chi connectivity index (χ1v) is 13.7. The van der Waals surface area contributed by atoms with Crippen LogP contribution >= 0.6 is 12.2 Å². The van der Waals surface area contributed by atoms with Gasteiger partial charge < -0.3 is 30.4 Å². The number of nitrogen functional groups attached to an aromatic ring is 1. The van der Waals surface area contributed by atoms with E-state index in [9.17, 15) is 0 Å². The van der Waals surface area contributed by atoms with Gasteiger partial charge in [-0.1, -0.05) is 91.0 Å². The number of benzene rings is 3. The summed E-state index contributed by atoms with van der Waals surface area (Å²) in [5, 5.41) is 4.31. The van der Waals surface area contributed by atoms with E-state index in [4.69, 9.17) is 42.6 Å². The maximum absolute atomic E-state index is 7.05. The van der Waals surface area contributed by atoms with Crippen molar-refractivity contribution in [1.29, 1.82) is 0 Å². The van der Waals surface area contributed by atoms with Crippen molar-refractivity contribution in [2.45, 2.75) is 49.7 Å². The van der Waals surface area contributed by atoms with Gasteiger partial charge in [-0.25, -0.2) is 0 Å². The number of hydrogen-bond donors (Lipinski definition) is 2. The molecule has 8 nitrogen and oxygen atoms in total. The Kier molecular flexibility index (Phi) is 6.93. The topological polar surface area (TPSA) is 107 Å². The average Bonchev–Trinajstić information content (AvgIpc) is 3.61. The molecule has 2 saturated heterocycles. The lowest BCUT2D eigenvalue weighted by Crippen LogP contribution is -2.39. The van der Waals surface area contributed by atoms with Crippen molar-refractivity contribution in [1.82, 2.24) is 9.78 Å². The highest BCUT2D eigenvalue weighted by Crippen LogP contribution is 2.48. The van der Waals surface area contributed by atoms with Gasteiger partial charge in [-0.15, -0.1) is 0 Å². The van der Waals surface area contributed by atoms with Crippen LogP contribution in [-0.4, -0.2) is 45.6 Å². The first-order valence-electron chi connectivity index (χ1n) is 13.2. The second kappa shape index (κ2) is 10.4. The van der Waals surface area contributed by atoms with Gasteiger partial charge in [0.2, 0.25) is 0 Å². The van der Waals surface area contributed by atoms with Crippen LogP contribution < -0.4 is 11.5 Å². The fraction of sp³-hybridized carbons (Fsp3) is 0.290. The second-order valence-electron chi connectivity index (χ2n) is 10.5. The van der Waals surface area contributed by atoms with Crippen molar-refractivity contribution in [2.24, 2.45) is 5.73 Å². The lowest BCUT2D eigenvalue weighted by atomic mass is 9.80. The minimum absolute atomic E-state index is 0.0560. The summed E-state index contributed by atoms with van der Waals surface area (Å²) in [5.74, 6) is -0.489. The van der Waals surface area contributed by atoms with Crippen LogP contribution in [-0.2, 0) is 24.5 Å². The van der Waals surface area contributed by atoms with Gasteiger partial charge in [0.15, 0.2) is 10.9 Å². The van der Waals surface area contributed by atoms with Gasteiger partial charge in [0.1, 0.15) is 35.8 Å². The molecule has 9 heteroatoms. The minimum Gasteiger partial charge on any atom is -0.383 e. The molecule has 1 aromatic heterocycles. The number of anilines is 1. The quantitative estimate of drug-likeness (QED) is 0.253. The van der Waals surface area contributed by atoms with Gasteiger partial charge in [-0.2, -0.15) is 9.78 Å². The van der Waals surface area contributed by atoms with Gasteiger partial charge >= 0.3 is 0 Å². The molecule has 6 rings (SSSR count). The van der Waals surface area contributed by atoms with E-state index in [2.05, 4.69) is 41.5 Å². The Morgan fingerprint density at radius 1 is 0.900 bits per heavy atom. The zero-order valence-corrected chi connectivity index (χ0v) is 23.2. The summed E-state index contributed by atoms with van der Waals surface area (Å²) in [6.45, 7) is 4.01. The third-order valence-corrected chi connectivity index (χ3v) is 7.68. The van der Waals surface area contributed by atoms with E-state index in [1.165, 1.54) is 4.68 Å². The predicted molar refractivity (Wildman–Crippen MR) is 155 cm³/mol. The van der Waals surface area contributed by atoms with Crippen LogP contribution in [0.15, 0.2) is 97.2 Å². The third kappa shape index (κ3) is 4.59. The van der Waals surface area contributed by atoms with Crippen molar-refractivity contribution in [3.05, 3.63) is 119 Å². The molecule has 40 heavy (non-hydrogen) atoms.